The van der Waals surface area contributed by atoms with Crippen LogP contribution < -0.4 is 20.5 Å². The Balaban J connectivity index is 1.42. The maximum absolute atomic E-state index is 12.8. The average molecular weight is 597 g/mol. The summed E-state index contributed by atoms with van der Waals surface area (Å²) in [6, 6.07) is 13.0. The van der Waals surface area contributed by atoms with Crippen LogP contribution >= 0.6 is 23.2 Å². The fourth-order valence-corrected chi connectivity index (χ4v) is 5.46. The fourth-order valence-electron chi connectivity index (χ4n) is 4.93. The smallest absolute Gasteiger partial charge is 0.275 e. The molecule has 1 amide bonds. The predicted molar refractivity (Wildman–Crippen MR) is 163 cm³/mol. The van der Waals surface area contributed by atoms with Crippen molar-refractivity contribution in [3.05, 3.63) is 80.3 Å². The van der Waals surface area contributed by atoms with Crippen LogP contribution in [-0.2, 0) is 11.2 Å². The monoisotopic (exact) mass is 595 g/mol. The molecule has 0 atom stereocenters. The van der Waals surface area contributed by atoms with E-state index in [-0.39, 0.29) is 11.5 Å². The van der Waals surface area contributed by atoms with E-state index in [2.05, 4.69) is 20.4 Å². The topological polar surface area (TPSA) is 107 Å². The Hall–Kier alpha value is -3.86. The number of hydrogen-bond donors (Lipinski definition) is 2. The number of halogens is 2. The van der Waals surface area contributed by atoms with Gasteiger partial charge in [-0.3, -0.25) is 9.59 Å². The van der Waals surface area contributed by atoms with Crippen LogP contribution in [0.3, 0.4) is 0 Å². The van der Waals surface area contributed by atoms with E-state index in [0.29, 0.717) is 69.8 Å². The van der Waals surface area contributed by atoms with Crippen molar-refractivity contribution in [1.82, 2.24) is 25.0 Å². The summed E-state index contributed by atoms with van der Waals surface area (Å²) in [5.41, 5.74) is 2.68. The number of fused-ring (bicyclic) bond motifs is 1. The molecule has 2 aromatic carbocycles. The van der Waals surface area contributed by atoms with E-state index in [1.165, 1.54) is 0 Å². The number of amides is 1. The molecule has 12 heteroatoms. The number of methoxy groups -OCH3 is 1. The number of aromatic nitrogens is 3. The maximum atomic E-state index is 12.8. The fraction of sp³-hybridized carbons (Fsp3) is 0.310. The van der Waals surface area contributed by atoms with Crippen molar-refractivity contribution in [2.24, 2.45) is 0 Å². The molecule has 0 spiro atoms. The zero-order valence-electron chi connectivity index (χ0n) is 23.1. The number of H-pyrrole nitrogens is 1. The maximum Gasteiger partial charge on any atom is 0.275 e. The number of nitrogens with one attached hydrogen (secondary N) is 2. The van der Waals surface area contributed by atoms with E-state index in [0.717, 1.165) is 24.3 Å². The lowest BCUT2D eigenvalue weighted by Gasteiger charge is -2.36. The molecule has 10 nitrogen and oxygen atoms in total. The van der Waals surface area contributed by atoms with Crippen molar-refractivity contribution in [3.8, 4) is 5.75 Å². The molecular formula is C29H31Cl2N7O3. The average Bonchev–Trinajstić information content (AvgIpc) is 2.95. The van der Waals surface area contributed by atoms with Gasteiger partial charge in [0.2, 0.25) is 5.91 Å². The number of carbonyl (C=O) groups excluding carboxylic acids is 1. The standard InChI is InChI=1S/C29H31Cl2N7O3/c1-36(2)17-26(39)38-11-9-37(10-12-38)20-7-8-24(25(15-20)41-3)34-28-27-18(16-32-35-29(27)40)13-19(33-28)14-21-22(30)5-4-6-23(21)31/h4-8,13,15-16H,9-12,14,17H2,1-3H3,(H,33,34)(H,35,40). The highest BCUT2D eigenvalue weighted by atomic mass is 35.5. The summed E-state index contributed by atoms with van der Waals surface area (Å²) in [4.78, 5) is 36.0. The minimum Gasteiger partial charge on any atom is -0.494 e. The van der Waals surface area contributed by atoms with Crippen LogP contribution in [0.1, 0.15) is 11.3 Å². The van der Waals surface area contributed by atoms with Crippen molar-refractivity contribution in [2.75, 3.05) is 64.1 Å². The zero-order chi connectivity index (χ0) is 29.1. The van der Waals surface area contributed by atoms with Crippen LogP contribution in [0.15, 0.2) is 53.5 Å². The molecule has 1 aliphatic rings. The molecule has 1 fully saturated rings. The number of likely N-dealkylation sites (N-methyl/N-ethyl adjacent to an activating group) is 1. The first kappa shape index (κ1) is 28.7. The van der Waals surface area contributed by atoms with E-state index >= 15 is 0 Å². The van der Waals surface area contributed by atoms with Crippen LogP contribution in [0.25, 0.3) is 10.8 Å². The first-order valence-electron chi connectivity index (χ1n) is 13.2. The second kappa shape index (κ2) is 12.3. The summed E-state index contributed by atoms with van der Waals surface area (Å²) >= 11 is 12.8. The molecule has 3 heterocycles. The van der Waals surface area contributed by atoms with Crippen molar-refractivity contribution in [1.29, 1.82) is 0 Å². The first-order valence-corrected chi connectivity index (χ1v) is 13.9. The van der Waals surface area contributed by atoms with E-state index < -0.39 is 0 Å². The SMILES string of the molecule is COc1cc(N2CCN(C(=O)CN(C)C)CC2)ccc1Nc1nc(Cc2c(Cl)cccc2Cl)cc2cn[nH]c(=O)c12. The Bertz CT molecular complexity index is 1610. The van der Waals surface area contributed by atoms with Gasteiger partial charge in [0.25, 0.3) is 5.56 Å². The third-order valence-corrected chi connectivity index (χ3v) is 7.71. The van der Waals surface area contributed by atoms with Gasteiger partial charge in [-0.1, -0.05) is 29.3 Å². The van der Waals surface area contributed by atoms with E-state index in [1.807, 2.05) is 48.2 Å². The number of piperazine rings is 1. The molecule has 1 aliphatic heterocycles. The molecule has 0 saturated carbocycles. The van der Waals surface area contributed by atoms with Gasteiger partial charge in [0.1, 0.15) is 11.6 Å². The van der Waals surface area contributed by atoms with Crippen LogP contribution in [0.5, 0.6) is 5.75 Å². The molecule has 0 unspecified atom stereocenters. The molecule has 0 aliphatic carbocycles. The highest BCUT2D eigenvalue weighted by Gasteiger charge is 2.22. The van der Waals surface area contributed by atoms with Crippen LogP contribution in [0.2, 0.25) is 10.0 Å². The molecule has 214 valence electrons. The van der Waals surface area contributed by atoms with Crippen molar-refractivity contribution >= 4 is 57.1 Å². The third kappa shape index (κ3) is 6.40. The lowest BCUT2D eigenvalue weighted by atomic mass is 10.1. The summed E-state index contributed by atoms with van der Waals surface area (Å²) in [6.45, 7) is 3.16. The Morgan fingerprint density at radius 1 is 1.10 bits per heavy atom. The quantitative estimate of drug-likeness (QED) is 0.312. The number of anilines is 3. The van der Waals surface area contributed by atoms with Crippen molar-refractivity contribution in [3.63, 3.8) is 0 Å². The van der Waals surface area contributed by atoms with E-state index in [4.69, 9.17) is 32.9 Å². The van der Waals surface area contributed by atoms with Crippen molar-refractivity contribution < 1.29 is 9.53 Å². The van der Waals surface area contributed by atoms with Gasteiger partial charge < -0.3 is 24.8 Å². The molecule has 2 aromatic heterocycles. The summed E-state index contributed by atoms with van der Waals surface area (Å²) in [5.74, 6) is 1.09. The van der Waals surface area contributed by atoms with E-state index in [1.54, 1.807) is 31.5 Å². The molecule has 0 radical (unpaired) electrons. The van der Waals surface area contributed by atoms with Gasteiger partial charge in [-0.25, -0.2) is 10.1 Å². The first-order chi connectivity index (χ1) is 19.7. The number of benzene rings is 2. The highest BCUT2D eigenvalue weighted by Crippen LogP contribution is 2.34. The number of pyridine rings is 1. The Morgan fingerprint density at radius 3 is 2.51 bits per heavy atom. The van der Waals surface area contributed by atoms with Gasteiger partial charge in [0.15, 0.2) is 0 Å². The van der Waals surface area contributed by atoms with Gasteiger partial charge in [0.05, 0.1) is 30.9 Å². The van der Waals surface area contributed by atoms with Crippen molar-refractivity contribution in [2.45, 2.75) is 6.42 Å². The molecule has 0 bridgehead atoms. The van der Waals surface area contributed by atoms with Gasteiger partial charge >= 0.3 is 0 Å². The number of hydrogen-bond acceptors (Lipinski definition) is 8. The van der Waals surface area contributed by atoms with E-state index in [9.17, 15) is 9.59 Å². The minimum absolute atomic E-state index is 0.135. The lowest BCUT2D eigenvalue weighted by Crippen LogP contribution is -2.50. The predicted octanol–water partition coefficient (Wildman–Crippen LogP) is 4.18. The molecular weight excluding hydrogens is 565 g/mol. The second-order valence-corrected chi connectivity index (χ2v) is 10.9. The van der Waals surface area contributed by atoms with Crippen LogP contribution in [-0.4, -0.2) is 84.8 Å². The molecule has 41 heavy (non-hydrogen) atoms. The summed E-state index contributed by atoms with van der Waals surface area (Å²) < 4.78 is 5.73. The summed E-state index contributed by atoms with van der Waals surface area (Å²) in [7, 11) is 5.39. The Kier molecular flexibility index (Phi) is 8.63. The summed E-state index contributed by atoms with van der Waals surface area (Å²) in [6.07, 6.45) is 1.96. The minimum atomic E-state index is -0.364. The van der Waals surface area contributed by atoms with Gasteiger partial charge in [0, 0.05) is 65.5 Å². The van der Waals surface area contributed by atoms with Crippen LogP contribution in [0.4, 0.5) is 17.2 Å². The number of aromatic amines is 1. The largest absolute Gasteiger partial charge is 0.494 e. The molecule has 5 rings (SSSR count). The third-order valence-electron chi connectivity index (χ3n) is 7.01. The molecule has 2 N–H and O–H groups in total. The Labute approximate surface area is 247 Å². The highest BCUT2D eigenvalue weighted by molar-refractivity contribution is 6.36. The number of rotatable bonds is 8. The normalized spacial score (nSPS) is 13.6. The Morgan fingerprint density at radius 2 is 1.83 bits per heavy atom. The number of nitrogens with zero attached hydrogens (tertiary/aromatic N) is 5. The van der Waals surface area contributed by atoms with Gasteiger partial charge in [-0.2, -0.15) is 5.10 Å². The van der Waals surface area contributed by atoms with Gasteiger partial charge in [-0.05, 0) is 50.0 Å². The second-order valence-electron chi connectivity index (χ2n) is 10.1. The van der Waals surface area contributed by atoms with Gasteiger partial charge in [-0.15, -0.1) is 0 Å². The summed E-state index contributed by atoms with van der Waals surface area (Å²) in [5, 5.41) is 11.8. The number of ether oxygens (including phenoxy) is 1. The molecule has 4 aromatic rings. The lowest BCUT2D eigenvalue weighted by molar-refractivity contribution is -0.132. The molecule has 1 saturated heterocycles. The number of carbonyl (C=O) groups is 1. The van der Waals surface area contributed by atoms with Crippen LogP contribution in [0, 0.1) is 0 Å². The zero-order valence-corrected chi connectivity index (χ0v) is 24.6.